The van der Waals surface area contributed by atoms with Gasteiger partial charge in [0.15, 0.2) is 11.7 Å². The number of hydrogen-bond donors (Lipinski definition) is 1. The van der Waals surface area contributed by atoms with Crippen LogP contribution >= 0.6 is 11.6 Å². The average molecular weight is 612 g/mol. The van der Waals surface area contributed by atoms with Crippen LogP contribution in [0.5, 0.6) is 0 Å². The van der Waals surface area contributed by atoms with Gasteiger partial charge in [-0.25, -0.2) is 13.7 Å². The molecule has 0 saturated carbocycles. The highest BCUT2D eigenvalue weighted by molar-refractivity contribution is 7.92. The van der Waals surface area contributed by atoms with Crippen LogP contribution in [-0.4, -0.2) is 65.5 Å². The third-order valence-electron chi connectivity index (χ3n) is 7.74. The van der Waals surface area contributed by atoms with Gasteiger partial charge < -0.3 is 10.0 Å². The van der Waals surface area contributed by atoms with Gasteiger partial charge in [0, 0.05) is 30.7 Å². The van der Waals surface area contributed by atoms with Crippen molar-refractivity contribution in [3.05, 3.63) is 89.2 Å². The monoisotopic (exact) mass is 611 g/mol. The molecule has 5 rings (SSSR count). The van der Waals surface area contributed by atoms with Gasteiger partial charge in [-0.1, -0.05) is 69.3 Å². The lowest BCUT2D eigenvalue weighted by Crippen LogP contribution is -2.61. The van der Waals surface area contributed by atoms with E-state index in [4.69, 9.17) is 16.6 Å². The summed E-state index contributed by atoms with van der Waals surface area (Å²) in [4.78, 5) is 8.57. The molecule has 0 amide bonds. The van der Waals surface area contributed by atoms with Gasteiger partial charge in [0.25, 0.3) is 0 Å². The molecule has 2 aliphatic heterocycles. The number of aromatic nitrogens is 1. The minimum absolute atomic E-state index is 0.0905. The Kier molecular flexibility index (Phi) is 7.95. The number of aliphatic hydroxyl groups excluding tert-OH is 1. The van der Waals surface area contributed by atoms with Gasteiger partial charge in [-0.15, -0.1) is 4.40 Å². The fraction of sp³-hybridized carbons (Fsp3) is 0.355. The van der Waals surface area contributed by atoms with Gasteiger partial charge in [0.2, 0.25) is 0 Å². The Labute approximate surface area is 252 Å². The predicted octanol–water partition coefficient (Wildman–Crippen LogP) is 5.88. The molecular formula is C31H35ClFN5O3S. The van der Waals surface area contributed by atoms with Gasteiger partial charge in [-0.3, -0.25) is 4.90 Å². The van der Waals surface area contributed by atoms with Crippen LogP contribution in [0.25, 0.3) is 11.3 Å². The largest absolute Gasteiger partial charge is 0.375 e. The first kappa shape index (κ1) is 30.2. The van der Waals surface area contributed by atoms with Crippen LogP contribution < -0.4 is 4.31 Å². The first-order valence-electron chi connectivity index (χ1n) is 13.8. The van der Waals surface area contributed by atoms with Crippen molar-refractivity contribution >= 4 is 39.2 Å². The number of amidine groups is 1. The van der Waals surface area contributed by atoms with E-state index < -0.39 is 27.7 Å². The molecule has 3 heterocycles. The van der Waals surface area contributed by atoms with Crippen molar-refractivity contribution in [2.24, 2.45) is 4.40 Å². The zero-order valence-electron chi connectivity index (χ0n) is 24.3. The molecular weight excluding hydrogens is 577 g/mol. The molecule has 0 bridgehead atoms. The normalized spacial score (nSPS) is 21.5. The summed E-state index contributed by atoms with van der Waals surface area (Å²) in [5, 5.41) is 10.6. The topological polar surface area (TPSA) is 89.3 Å². The fourth-order valence-corrected chi connectivity index (χ4v) is 7.15. The van der Waals surface area contributed by atoms with Crippen molar-refractivity contribution in [2.75, 3.05) is 17.4 Å². The van der Waals surface area contributed by atoms with Gasteiger partial charge >= 0.3 is 10.2 Å². The van der Waals surface area contributed by atoms with Crippen LogP contribution in [0.4, 0.5) is 15.9 Å². The van der Waals surface area contributed by atoms with E-state index in [9.17, 15) is 17.9 Å². The SMILES string of the molecule is C=CC(O)N1CC(C)N(C2=NS(=O)(=O)N(c3ccccc3C(C)(C)C)c3nc(-c4ccccc4F)c(Cl)cc32)CC1C. The van der Waals surface area contributed by atoms with Crippen LogP contribution in [0.15, 0.2) is 71.6 Å². The van der Waals surface area contributed by atoms with Gasteiger partial charge in [-0.2, -0.15) is 8.42 Å². The van der Waals surface area contributed by atoms with E-state index >= 15 is 0 Å². The van der Waals surface area contributed by atoms with Crippen LogP contribution in [0.1, 0.15) is 45.7 Å². The summed E-state index contributed by atoms with van der Waals surface area (Å²) >= 11 is 6.77. The average Bonchev–Trinajstić information content (AvgIpc) is 2.93. The number of fused-ring (bicyclic) bond motifs is 1. The lowest BCUT2D eigenvalue weighted by atomic mass is 9.86. The smallest absolute Gasteiger partial charge is 0.352 e. The number of hydrogen-bond acceptors (Lipinski definition) is 6. The molecule has 222 valence electrons. The molecule has 3 unspecified atom stereocenters. The Morgan fingerprint density at radius 1 is 1.07 bits per heavy atom. The molecule has 11 heteroatoms. The number of benzene rings is 2. The second kappa shape index (κ2) is 11.1. The molecule has 1 N–H and O–H groups in total. The highest BCUT2D eigenvalue weighted by Crippen LogP contribution is 2.44. The van der Waals surface area contributed by atoms with Crippen molar-refractivity contribution in [2.45, 2.75) is 58.3 Å². The summed E-state index contributed by atoms with van der Waals surface area (Å²) in [6, 6.07) is 14.6. The zero-order valence-corrected chi connectivity index (χ0v) is 25.9. The van der Waals surface area contributed by atoms with Crippen LogP contribution in [0.2, 0.25) is 5.02 Å². The maximum atomic E-state index is 15.0. The van der Waals surface area contributed by atoms with Crippen molar-refractivity contribution in [3.8, 4) is 11.3 Å². The van der Waals surface area contributed by atoms with Crippen molar-refractivity contribution in [3.63, 3.8) is 0 Å². The second-order valence-electron chi connectivity index (χ2n) is 11.8. The lowest BCUT2D eigenvalue weighted by molar-refractivity contribution is -0.0293. The van der Waals surface area contributed by atoms with E-state index in [0.717, 1.165) is 9.87 Å². The summed E-state index contributed by atoms with van der Waals surface area (Å²) in [6.45, 7) is 14.4. The van der Waals surface area contributed by atoms with Crippen molar-refractivity contribution < 1.29 is 17.9 Å². The molecule has 1 fully saturated rings. The minimum atomic E-state index is -4.37. The van der Waals surface area contributed by atoms with Crippen LogP contribution in [0.3, 0.4) is 0 Å². The summed E-state index contributed by atoms with van der Waals surface area (Å²) in [5.74, 6) is -0.232. The number of para-hydroxylation sites is 1. The Bertz CT molecular complexity index is 1670. The summed E-state index contributed by atoms with van der Waals surface area (Å²) in [7, 11) is -4.37. The van der Waals surface area contributed by atoms with Crippen molar-refractivity contribution in [1.82, 2.24) is 14.8 Å². The molecule has 0 aliphatic carbocycles. The number of nitrogens with zero attached hydrogens (tertiary/aromatic N) is 5. The molecule has 2 aliphatic rings. The third kappa shape index (κ3) is 5.32. The van der Waals surface area contributed by atoms with Gasteiger partial charge in [0.05, 0.1) is 22.0 Å². The number of pyridine rings is 1. The van der Waals surface area contributed by atoms with E-state index in [-0.39, 0.29) is 40.0 Å². The minimum Gasteiger partial charge on any atom is -0.375 e. The molecule has 2 aromatic carbocycles. The molecule has 8 nitrogen and oxygen atoms in total. The quantitative estimate of drug-likeness (QED) is 0.371. The first-order chi connectivity index (χ1) is 19.7. The maximum absolute atomic E-state index is 15.0. The summed E-state index contributed by atoms with van der Waals surface area (Å²) in [5.41, 5.74) is 1.47. The van der Waals surface area contributed by atoms with Gasteiger partial charge in [0.1, 0.15) is 12.0 Å². The summed E-state index contributed by atoms with van der Waals surface area (Å²) in [6.07, 6.45) is 0.632. The highest BCUT2D eigenvalue weighted by Gasteiger charge is 2.42. The molecule has 0 radical (unpaired) electrons. The number of piperazine rings is 1. The van der Waals surface area contributed by atoms with Crippen molar-refractivity contribution in [1.29, 1.82) is 0 Å². The highest BCUT2D eigenvalue weighted by atomic mass is 35.5. The fourth-order valence-electron chi connectivity index (χ4n) is 5.63. The van der Waals surface area contributed by atoms with Crippen LogP contribution in [0, 0.1) is 5.82 Å². The Balaban J connectivity index is 1.75. The van der Waals surface area contributed by atoms with E-state index in [1.165, 1.54) is 12.1 Å². The van der Waals surface area contributed by atoms with E-state index in [2.05, 4.69) is 11.0 Å². The lowest BCUT2D eigenvalue weighted by Gasteiger charge is -2.47. The summed E-state index contributed by atoms with van der Waals surface area (Å²) < 4.78 is 48.8. The molecule has 1 aromatic heterocycles. The molecule has 0 spiro atoms. The molecule has 3 aromatic rings. The van der Waals surface area contributed by atoms with E-state index in [1.54, 1.807) is 36.4 Å². The van der Waals surface area contributed by atoms with E-state index in [0.29, 0.717) is 24.3 Å². The van der Waals surface area contributed by atoms with Crippen LogP contribution in [-0.2, 0) is 15.6 Å². The third-order valence-corrected chi connectivity index (χ3v) is 9.26. The molecule has 1 saturated heterocycles. The van der Waals surface area contributed by atoms with E-state index in [1.807, 2.05) is 56.6 Å². The standard InChI is InChI=1S/C31H35ClFN5O3S/c1-7-27(39)36-17-20(3)37(18-19(36)2)30-22-16-24(32)28(21-12-8-10-14-25(21)33)34-29(22)38(42(40,41)35-30)26-15-11-9-13-23(26)31(4,5)6/h7-16,19-20,27,39H,1,17-18H2,2-6H3. The number of halogens is 2. The number of rotatable bonds is 4. The predicted molar refractivity (Wildman–Crippen MR) is 166 cm³/mol. The van der Waals surface area contributed by atoms with Gasteiger partial charge in [-0.05, 0) is 55.2 Å². The Morgan fingerprint density at radius 3 is 2.40 bits per heavy atom. The second-order valence-corrected chi connectivity index (χ2v) is 13.6. The molecule has 3 atom stereocenters. The number of anilines is 2. The zero-order chi connectivity index (χ0) is 30.6. The Hall–Kier alpha value is -3.31. The Morgan fingerprint density at radius 2 is 1.74 bits per heavy atom. The molecule has 42 heavy (non-hydrogen) atoms. The number of aliphatic hydroxyl groups is 1. The first-order valence-corrected chi connectivity index (χ1v) is 15.6. The maximum Gasteiger partial charge on any atom is 0.352 e.